The number of hydrogen-bond acceptors (Lipinski definition) is 2. The van der Waals surface area contributed by atoms with E-state index >= 15 is 0 Å². The Hall–Kier alpha value is -1.81. The zero-order chi connectivity index (χ0) is 13.1. The van der Waals surface area contributed by atoms with E-state index in [9.17, 15) is 4.79 Å². The minimum absolute atomic E-state index is 0.342. The third kappa shape index (κ3) is 2.24. The lowest BCUT2D eigenvalue weighted by molar-refractivity contribution is 0.0697. The predicted molar refractivity (Wildman–Crippen MR) is 72.0 cm³/mol. The van der Waals surface area contributed by atoms with Crippen molar-refractivity contribution in [2.24, 2.45) is 0 Å². The second-order valence-electron chi connectivity index (χ2n) is 4.26. The molecule has 2 aromatic rings. The Bertz CT molecular complexity index is 572. The molecule has 0 saturated heterocycles. The van der Waals surface area contributed by atoms with Gasteiger partial charge in [-0.15, -0.1) is 0 Å². The molecule has 96 valence electrons. The topological polar surface area (TPSA) is 54.3 Å². The highest BCUT2D eigenvalue weighted by atomic mass is 16.4. The summed E-state index contributed by atoms with van der Waals surface area (Å²) in [5, 5.41) is 13.4. The number of carboxylic acids is 1. The zero-order valence-electron chi connectivity index (χ0n) is 10.7. The van der Waals surface area contributed by atoms with Gasteiger partial charge in [-0.2, -0.15) is 0 Å². The predicted octanol–water partition coefficient (Wildman–Crippen LogP) is 2.47. The molecule has 0 spiro atoms. The number of hydrogen-bond donors (Lipinski definition) is 2. The first-order valence-electron chi connectivity index (χ1n) is 6.23. The number of rotatable bonds is 5. The molecule has 2 rings (SSSR count). The summed E-state index contributed by atoms with van der Waals surface area (Å²) in [5.41, 5.74) is 2.58. The number of fused-ring (bicyclic) bond motifs is 1. The standard InChI is InChI=1S/C14H18N2O2/c1-3-15-8-11-9-16(4-2)13-6-5-10(14(17)18)7-12(11)13/h5-7,9,15H,3-4,8H2,1-2H3,(H,17,18). The third-order valence-electron chi connectivity index (χ3n) is 3.12. The van der Waals surface area contributed by atoms with Crippen LogP contribution < -0.4 is 5.32 Å². The average molecular weight is 246 g/mol. The quantitative estimate of drug-likeness (QED) is 0.852. The Morgan fingerprint density at radius 1 is 1.39 bits per heavy atom. The van der Waals surface area contributed by atoms with Gasteiger partial charge in [0, 0.05) is 30.2 Å². The summed E-state index contributed by atoms with van der Waals surface area (Å²) < 4.78 is 2.15. The molecule has 0 amide bonds. The van der Waals surface area contributed by atoms with E-state index in [1.165, 1.54) is 0 Å². The number of carboxylic acid groups (broad SMARTS) is 1. The van der Waals surface area contributed by atoms with Crippen LogP contribution in [0.15, 0.2) is 24.4 Å². The number of aromatic carboxylic acids is 1. The van der Waals surface area contributed by atoms with Gasteiger partial charge in [0.15, 0.2) is 0 Å². The Morgan fingerprint density at radius 2 is 2.17 bits per heavy atom. The molecule has 4 nitrogen and oxygen atoms in total. The first kappa shape index (κ1) is 12.6. The minimum Gasteiger partial charge on any atom is -0.478 e. The molecule has 18 heavy (non-hydrogen) atoms. The molecule has 0 aliphatic carbocycles. The van der Waals surface area contributed by atoms with E-state index in [1.807, 2.05) is 6.07 Å². The van der Waals surface area contributed by atoms with Gasteiger partial charge in [-0.05, 0) is 37.2 Å². The van der Waals surface area contributed by atoms with Crippen LogP contribution in [0.1, 0.15) is 29.8 Å². The molecule has 0 aliphatic heterocycles. The lowest BCUT2D eigenvalue weighted by Gasteiger charge is -2.01. The number of benzene rings is 1. The van der Waals surface area contributed by atoms with E-state index in [-0.39, 0.29) is 0 Å². The van der Waals surface area contributed by atoms with Gasteiger partial charge in [0.05, 0.1) is 5.56 Å². The van der Waals surface area contributed by atoms with Crippen molar-refractivity contribution >= 4 is 16.9 Å². The summed E-state index contributed by atoms with van der Waals surface area (Å²) in [7, 11) is 0. The average Bonchev–Trinajstić information content (AvgIpc) is 2.73. The van der Waals surface area contributed by atoms with Crippen molar-refractivity contribution in [3.05, 3.63) is 35.5 Å². The molecule has 0 aliphatic rings. The second-order valence-corrected chi connectivity index (χ2v) is 4.26. The number of carbonyl (C=O) groups is 1. The highest BCUT2D eigenvalue weighted by Gasteiger charge is 2.10. The van der Waals surface area contributed by atoms with Gasteiger partial charge >= 0.3 is 5.97 Å². The van der Waals surface area contributed by atoms with E-state index in [2.05, 4.69) is 29.9 Å². The molecule has 0 bridgehead atoms. The van der Waals surface area contributed by atoms with Crippen LogP contribution in [0.3, 0.4) is 0 Å². The summed E-state index contributed by atoms with van der Waals surface area (Å²) in [6.07, 6.45) is 2.10. The van der Waals surface area contributed by atoms with Crippen LogP contribution in [0.25, 0.3) is 10.9 Å². The Kier molecular flexibility index (Phi) is 3.67. The highest BCUT2D eigenvalue weighted by molar-refractivity contribution is 5.95. The van der Waals surface area contributed by atoms with Gasteiger partial charge in [0.2, 0.25) is 0 Å². The fraction of sp³-hybridized carbons (Fsp3) is 0.357. The van der Waals surface area contributed by atoms with E-state index in [0.29, 0.717) is 5.56 Å². The van der Waals surface area contributed by atoms with Crippen LogP contribution in [-0.4, -0.2) is 22.2 Å². The van der Waals surface area contributed by atoms with Crippen molar-refractivity contribution in [1.29, 1.82) is 0 Å². The lowest BCUT2D eigenvalue weighted by Crippen LogP contribution is -2.11. The van der Waals surface area contributed by atoms with Crippen molar-refractivity contribution in [3.63, 3.8) is 0 Å². The smallest absolute Gasteiger partial charge is 0.335 e. The molecular formula is C14H18N2O2. The summed E-state index contributed by atoms with van der Waals surface area (Å²) in [6, 6.07) is 5.31. The van der Waals surface area contributed by atoms with Crippen LogP contribution in [0.2, 0.25) is 0 Å². The monoisotopic (exact) mass is 246 g/mol. The van der Waals surface area contributed by atoms with Crippen LogP contribution in [0.4, 0.5) is 0 Å². The molecule has 0 fully saturated rings. The maximum Gasteiger partial charge on any atom is 0.335 e. The summed E-state index contributed by atoms with van der Waals surface area (Å²) in [6.45, 7) is 6.69. The van der Waals surface area contributed by atoms with Gasteiger partial charge in [-0.3, -0.25) is 0 Å². The SMILES string of the molecule is CCNCc1cn(CC)c2ccc(C(=O)O)cc12. The molecule has 0 saturated carbocycles. The molecule has 0 atom stereocenters. The van der Waals surface area contributed by atoms with E-state index in [0.717, 1.165) is 36.1 Å². The maximum atomic E-state index is 11.0. The van der Waals surface area contributed by atoms with Crippen molar-refractivity contribution in [1.82, 2.24) is 9.88 Å². The molecule has 1 aromatic heterocycles. The van der Waals surface area contributed by atoms with Crippen molar-refractivity contribution in [2.75, 3.05) is 6.54 Å². The number of aromatic nitrogens is 1. The number of aryl methyl sites for hydroxylation is 1. The van der Waals surface area contributed by atoms with Gasteiger partial charge in [-0.1, -0.05) is 6.92 Å². The maximum absolute atomic E-state index is 11.0. The molecule has 1 aromatic carbocycles. The number of nitrogens with zero attached hydrogens (tertiary/aromatic N) is 1. The summed E-state index contributed by atoms with van der Waals surface area (Å²) >= 11 is 0. The molecule has 0 radical (unpaired) electrons. The largest absolute Gasteiger partial charge is 0.478 e. The molecular weight excluding hydrogens is 228 g/mol. The van der Waals surface area contributed by atoms with Gasteiger partial charge in [-0.25, -0.2) is 4.79 Å². The minimum atomic E-state index is -0.879. The molecule has 2 N–H and O–H groups in total. The Labute approximate surface area is 106 Å². The first-order valence-corrected chi connectivity index (χ1v) is 6.23. The lowest BCUT2D eigenvalue weighted by atomic mass is 10.1. The fourth-order valence-electron chi connectivity index (χ4n) is 2.17. The molecule has 4 heteroatoms. The van der Waals surface area contributed by atoms with Gasteiger partial charge < -0.3 is 15.0 Å². The number of nitrogens with one attached hydrogen (secondary N) is 1. The normalized spacial score (nSPS) is 11.0. The van der Waals surface area contributed by atoms with Crippen molar-refractivity contribution in [2.45, 2.75) is 26.9 Å². The first-order chi connectivity index (χ1) is 8.67. The van der Waals surface area contributed by atoms with Crippen LogP contribution in [-0.2, 0) is 13.1 Å². The van der Waals surface area contributed by atoms with Crippen molar-refractivity contribution in [3.8, 4) is 0 Å². The van der Waals surface area contributed by atoms with Gasteiger partial charge in [0.25, 0.3) is 0 Å². The third-order valence-corrected chi connectivity index (χ3v) is 3.12. The summed E-state index contributed by atoms with van der Waals surface area (Å²) in [4.78, 5) is 11.0. The summed E-state index contributed by atoms with van der Waals surface area (Å²) in [5.74, 6) is -0.879. The van der Waals surface area contributed by atoms with E-state index < -0.39 is 5.97 Å². The Morgan fingerprint density at radius 3 is 2.78 bits per heavy atom. The fourth-order valence-corrected chi connectivity index (χ4v) is 2.17. The van der Waals surface area contributed by atoms with Crippen LogP contribution in [0, 0.1) is 0 Å². The molecule has 1 heterocycles. The Balaban J connectivity index is 2.54. The zero-order valence-corrected chi connectivity index (χ0v) is 10.7. The van der Waals surface area contributed by atoms with Crippen LogP contribution in [0.5, 0.6) is 0 Å². The second kappa shape index (κ2) is 5.23. The van der Waals surface area contributed by atoms with E-state index in [4.69, 9.17) is 5.11 Å². The van der Waals surface area contributed by atoms with Crippen LogP contribution >= 0.6 is 0 Å². The highest BCUT2D eigenvalue weighted by Crippen LogP contribution is 2.23. The molecule has 0 unspecified atom stereocenters. The van der Waals surface area contributed by atoms with E-state index in [1.54, 1.807) is 12.1 Å². The van der Waals surface area contributed by atoms with Crippen molar-refractivity contribution < 1.29 is 9.90 Å². The van der Waals surface area contributed by atoms with Gasteiger partial charge in [0.1, 0.15) is 0 Å².